The number of nitrogens with one attached hydrogen (secondary N) is 1. The lowest BCUT2D eigenvalue weighted by atomic mass is 10.2. The molecule has 0 aromatic heterocycles. The van der Waals surface area contributed by atoms with E-state index in [1.165, 1.54) is 49.6 Å². The maximum absolute atomic E-state index is 12.3. The number of rotatable bonds is 7. The molecule has 10 heteroatoms. The van der Waals surface area contributed by atoms with Crippen LogP contribution in [0, 0.1) is 10.1 Å². The van der Waals surface area contributed by atoms with Gasteiger partial charge in [-0.2, -0.15) is 8.78 Å². The van der Waals surface area contributed by atoms with Crippen molar-refractivity contribution < 1.29 is 28.0 Å². The number of halogens is 3. The molecule has 0 aliphatic rings. The van der Waals surface area contributed by atoms with Crippen molar-refractivity contribution in [3.63, 3.8) is 0 Å². The monoisotopic (exact) mass is 398 g/mol. The number of hydrogen-bond acceptors (Lipinski definition) is 5. The van der Waals surface area contributed by atoms with E-state index >= 15 is 0 Å². The summed E-state index contributed by atoms with van der Waals surface area (Å²) in [6.07, 6.45) is 2.58. The number of hydrogen-bond donors (Lipinski definition) is 1. The average molecular weight is 399 g/mol. The number of methoxy groups -OCH3 is 1. The summed E-state index contributed by atoms with van der Waals surface area (Å²) in [5, 5.41) is 13.3. The van der Waals surface area contributed by atoms with Gasteiger partial charge in [0.1, 0.15) is 5.02 Å². The van der Waals surface area contributed by atoms with Crippen molar-refractivity contribution in [2.45, 2.75) is 6.61 Å². The molecule has 7 nitrogen and oxygen atoms in total. The average Bonchev–Trinajstić information content (AvgIpc) is 2.61. The zero-order chi connectivity index (χ0) is 20.0. The number of ether oxygens (including phenoxy) is 2. The number of nitro benzene ring substituents is 1. The Balaban J connectivity index is 2.10. The lowest BCUT2D eigenvalue weighted by Crippen LogP contribution is -2.08. The van der Waals surface area contributed by atoms with Crippen LogP contribution in [0.5, 0.6) is 11.5 Å². The van der Waals surface area contributed by atoms with Gasteiger partial charge in [0.05, 0.1) is 12.0 Å². The van der Waals surface area contributed by atoms with Gasteiger partial charge >= 0.3 is 6.61 Å². The van der Waals surface area contributed by atoms with Gasteiger partial charge in [-0.25, -0.2) is 0 Å². The van der Waals surface area contributed by atoms with Crippen molar-refractivity contribution in [1.29, 1.82) is 0 Å². The number of amides is 1. The first-order valence-corrected chi connectivity index (χ1v) is 7.74. The smallest absolute Gasteiger partial charge is 0.387 e. The van der Waals surface area contributed by atoms with Crippen LogP contribution in [0.4, 0.5) is 20.2 Å². The third-order valence-corrected chi connectivity index (χ3v) is 3.56. The quantitative estimate of drug-likeness (QED) is 0.421. The number of benzene rings is 2. The van der Waals surface area contributed by atoms with E-state index in [4.69, 9.17) is 16.3 Å². The minimum Gasteiger partial charge on any atom is -0.493 e. The van der Waals surface area contributed by atoms with Gasteiger partial charge in [-0.15, -0.1) is 0 Å². The largest absolute Gasteiger partial charge is 0.493 e. The molecule has 0 saturated heterocycles. The molecular formula is C17H13ClF2N2O5. The molecule has 0 radical (unpaired) electrons. The molecule has 0 atom stereocenters. The summed E-state index contributed by atoms with van der Waals surface area (Å²) >= 11 is 5.70. The minimum absolute atomic E-state index is 0.0493. The van der Waals surface area contributed by atoms with Crippen molar-refractivity contribution in [1.82, 2.24) is 0 Å². The molecule has 1 amide bonds. The van der Waals surface area contributed by atoms with Crippen molar-refractivity contribution >= 4 is 35.0 Å². The highest BCUT2D eigenvalue weighted by atomic mass is 35.5. The normalized spacial score (nSPS) is 10.9. The lowest BCUT2D eigenvalue weighted by Gasteiger charge is -2.10. The molecule has 0 saturated carbocycles. The third kappa shape index (κ3) is 5.65. The molecule has 0 aliphatic carbocycles. The molecule has 1 N–H and O–H groups in total. The van der Waals surface area contributed by atoms with Crippen molar-refractivity contribution in [2.24, 2.45) is 0 Å². The van der Waals surface area contributed by atoms with E-state index in [0.29, 0.717) is 5.56 Å². The van der Waals surface area contributed by atoms with Crippen LogP contribution < -0.4 is 14.8 Å². The Morgan fingerprint density at radius 1 is 1.26 bits per heavy atom. The summed E-state index contributed by atoms with van der Waals surface area (Å²) in [6, 6.07) is 8.00. The molecule has 0 aliphatic heterocycles. The molecule has 0 spiro atoms. The number of nitrogens with zero attached hydrogens (tertiary/aromatic N) is 1. The highest BCUT2D eigenvalue weighted by molar-refractivity contribution is 6.32. The first-order chi connectivity index (χ1) is 12.8. The number of alkyl halides is 2. The van der Waals surface area contributed by atoms with Crippen LogP contribution in [-0.4, -0.2) is 24.6 Å². The van der Waals surface area contributed by atoms with E-state index in [1.807, 2.05) is 0 Å². The first-order valence-electron chi connectivity index (χ1n) is 7.36. The SMILES string of the molecule is COc1cc(C=CC(=O)Nc2ccc(Cl)c([N+](=O)[O-])c2)ccc1OC(F)F. The standard InChI is InChI=1S/C17H13ClF2N2O5/c1-26-15-8-10(2-6-14(15)27-17(19)20)3-7-16(23)21-11-4-5-12(18)13(9-11)22(24)25/h2-9,17H,1H3,(H,21,23). The molecule has 0 bridgehead atoms. The van der Waals surface area contributed by atoms with Gasteiger partial charge in [0.15, 0.2) is 11.5 Å². The van der Waals surface area contributed by atoms with E-state index in [2.05, 4.69) is 10.1 Å². The topological polar surface area (TPSA) is 90.7 Å². The summed E-state index contributed by atoms with van der Waals surface area (Å²) in [7, 11) is 1.29. The maximum Gasteiger partial charge on any atom is 0.387 e. The van der Waals surface area contributed by atoms with E-state index < -0.39 is 17.4 Å². The Bertz CT molecular complexity index is 890. The lowest BCUT2D eigenvalue weighted by molar-refractivity contribution is -0.384. The molecule has 0 fully saturated rings. The van der Waals surface area contributed by atoms with Crippen LogP contribution in [0.25, 0.3) is 6.08 Å². The Labute approximate surface area is 157 Å². The molecule has 0 unspecified atom stereocenters. The second-order valence-corrected chi connectivity index (χ2v) is 5.44. The van der Waals surface area contributed by atoms with Gasteiger partial charge in [0, 0.05) is 17.8 Å². The minimum atomic E-state index is -2.99. The van der Waals surface area contributed by atoms with Gasteiger partial charge in [-0.05, 0) is 35.9 Å². The van der Waals surface area contributed by atoms with Crippen molar-refractivity contribution in [2.75, 3.05) is 12.4 Å². The van der Waals surface area contributed by atoms with Crippen molar-refractivity contribution in [3.8, 4) is 11.5 Å². The number of anilines is 1. The Hall–Kier alpha value is -3.20. The van der Waals surface area contributed by atoms with Crippen LogP contribution >= 0.6 is 11.6 Å². The summed E-state index contributed by atoms with van der Waals surface area (Å²) < 4.78 is 33.9. The van der Waals surface area contributed by atoms with Crippen LogP contribution in [0.3, 0.4) is 0 Å². The van der Waals surface area contributed by atoms with E-state index in [9.17, 15) is 23.7 Å². The molecule has 0 heterocycles. The fourth-order valence-electron chi connectivity index (χ4n) is 2.07. The van der Waals surface area contributed by atoms with E-state index in [0.717, 1.165) is 6.07 Å². The number of nitro groups is 1. The molecule has 2 aromatic carbocycles. The summed E-state index contributed by atoms with van der Waals surface area (Å²) in [6.45, 7) is -2.99. The molecule has 142 valence electrons. The Morgan fingerprint density at radius 2 is 2.00 bits per heavy atom. The number of carbonyl (C=O) groups is 1. The van der Waals surface area contributed by atoms with Gasteiger partial charge in [-0.3, -0.25) is 14.9 Å². The van der Waals surface area contributed by atoms with Crippen LogP contribution in [0.15, 0.2) is 42.5 Å². The highest BCUT2D eigenvalue weighted by Crippen LogP contribution is 2.30. The Kier molecular flexibility index (Phi) is 6.67. The zero-order valence-electron chi connectivity index (χ0n) is 13.8. The molecule has 2 rings (SSSR count). The molecule has 27 heavy (non-hydrogen) atoms. The fraction of sp³-hybridized carbons (Fsp3) is 0.118. The molecular weight excluding hydrogens is 386 g/mol. The van der Waals surface area contributed by atoms with E-state index in [1.54, 1.807) is 0 Å². The maximum atomic E-state index is 12.3. The van der Waals surface area contributed by atoms with Gasteiger partial charge in [0.25, 0.3) is 5.69 Å². The Morgan fingerprint density at radius 3 is 2.63 bits per heavy atom. The second-order valence-electron chi connectivity index (χ2n) is 5.03. The zero-order valence-corrected chi connectivity index (χ0v) is 14.6. The fourth-order valence-corrected chi connectivity index (χ4v) is 2.25. The predicted molar refractivity (Wildman–Crippen MR) is 95.4 cm³/mol. The first kappa shape index (κ1) is 20.1. The van der Waals surface area contributed by atoms with Crippen LogP contribution in [0.2, 0.25) is 5.02 Å². The van der Waals surface area contributed by atoms with Crippen LogP contribution in [-0.2, 0) is 4.79 Å². The summed E-state index contributed by atoms with van der Waals surface area (Å²) in [4.78, 5) is 22.1. The highest BCUT2D eigenvalue weighted by Gasteiger charge is 2.13. The summed E-state index contributed by atoms with van der Waals surface area (Å²) in [5.74, 6) is -0.618. The van der Waals surface area contributed by atoms with Crippen molar-refractivity contribution in [3.05, 3.63) is 63.2 Å². The van der Waals surface area contributed by atoms with E-state index in [-0.39, 0.29) is 27.9 Å². The number of carbonyl (C=O) groups excluding carboxylic acids is 1. The summed E-state index contributed by atoms with van der Waals surface area (Å²) in [5.41, 5.74) is 0.350. The predicted octanol–water partition coefficient (Wildman–Crippen LogP) is 4.51. The van der Waals surface area contributed by atoms with Gasteiger partial charge in [0.2, 0.25) is 5.91 Å². The molecule has 2 aromatic rings. The van der Waals surface area contributed by atoms with Gasteiger partial charge < -0.3 is 14.8 Å². The third-order valence-electron chi connectivity index (χ3n) is 3.24. The van der Waals surface area contributed by atoms with Gasteiger partial charge in [-0.1, -0.05) is 17.7 Å². The van der Waals surface area contributed by atoms with Crippen LogP contribution in [0.1, 0.15) is 5.56 Å². The second kappa shape index (κ2) is 8.95.